The molecule has 1 N–H and O–H groups in total. The molecule has 0 saturated carbocycles. The molecule has 2 aromatic rings. The van der Waals surface area contributed by atoms with Crippen LogP contribution in [0.25, 0.3) is 0 Å². The molecule has 0 spiro atoms. The highest BCUT2D eigenvalue weighted by atomic mass is 35.5. The molecule has 1 aliphatic heterocycles. The van der Waals surface area contributed by atoms with Crippen molar-refractivity contribution in [2.45, 2.75) is 13.3 Å². The van der Waals surface area contributed by atoms with E-state index in [2.05, 4.69) is 41.4 Å². The van der Waals surface area contributed by atoms with Gasteiger partial charge in [-0.2, -0.15) is 4.37 Å². The summed E-state index contributed by atoms with van der Waals surface area (Å²) in [5.41, 5.74) is 0. The zero-order chi connectivity index (χ0) is 19.1. The highest BCUT2D eigenvalue weighted by Gasteiger charge is 2.21. The molecule has 2 aromatic heterocycles. The first-order valence-corrected chi connectivity index (χ1v) is 10.1. The molecule has 0 atom stereocenters. The lowest BCUT2D eigenvalue weighted by Crippen LogP contribution is -2.53. The summed E-state index contributed by atoms with van der Waals surface area (Å²) in [4.78, 5) is 17.6. The third kappa shape index (κ3) is 5.20. The predicted octanol–water partition coefficient (Wildman–Crippen LogP) is 1.93. The number of rotatable bonds is 6. The van der Waals surface area contributed by atoms with Crippen LogP contribution in [0.1, 0.15) is 12.7 Å². The van der Waals surface area contributed by atoms with E-state index in [1.807, 2.05) is 0 Å². The van der Waals surface area contributed by atoms with E-state index < -0.39 is 0 Å². The standard InChI is InChI=1S/C17H24ClN7OS/c1-3-14-22-17(27-23-14)25-10-8-24(9-11-25)16(19-2)21-7-12-26-15-13(18)5-4-6-20-15/h4-6H,3,7-12H2,1-2H3,(H,19,21). The fourth-order valence-electron chi connectivity index (χ4n) is 2.75. The number of ether oxygens (including phenoxy) is 1. The van der Waals surface area contributed by atoms with Gasteiger partial charge in [-0.25, -0.2) is 9.97 Å². The number of pyridine rings is 1. The molecular weight excluding hydrogens is 386 g/mol. The highest BCUT2D eigenvalue weighted by Crippen LogP contribution is 2.20. The Balaban J connectivity index is 1.43. The molecular formula is C17H24ClN7OS. The molecule has 8 nitrogen and oxygen atoms in total. The van der Waals surface area contributed by atoms with Crippen LogP contribution in [-0.4, -0.2) is 71.6 Å². The van der Waals surface area contributed by atoms with Crippen LogP contribution in [0.3, 0.4) is 0 Å². The van der Waals surface area contributed by atoms with E-state index in [9.17, 15) is 0 Å². The number of anilines is 1. The Morgan fingerprint density at radius 3 is 2.85 bits per heavy atom. The van der Waals surface area contributed by atoms with Crippen LogP contribution in [0.5, 0.6) is 5.88 Å². The molecule has 0 amide bonds. The van der Waals surface area contributed by atoms with Crippen molar-refractivity contribution in [3.8, 4) is 5.88 Å². The number of aromatic nitrogens is 3. The third-order valence-electron chi connectivity index (χ3n) is 4.18. The van der Waals surface area contributed by atoms with E-state index in [1.165, 1.54) is 11.5 Å². The third-order valence-corrected chi connectivity index (χ3v) is 5.29. The summed E-state index contributed by atoms with van der Waals surface area (Å²) in [6.07, 6.45) is 2.54. The summed E-state index contributed by atoms with van der Waals surface area (Å²) in [5.74, 6) is 2.24. The summed E-state index contributed by atoms with van der Waals surface area (Å²) >= 11 is 7.52. The lowest BCUT2D eigenvalue weighted by atomic mass is 10.3. The Bertz CT molecular complexity index is 761. The van der Waals surface area contributed by atoms with E-state index in [1.54, 1.807) is 25.4 Å². The molecule has 0 unspecified atom stereocenters. The lowest BCUT2D eigenvalue weighted by molar-refractivity contribution is 0.304. The van der Waals surface area contributed by atoms with Crippen LogP contribution in [0.4, 0.5) is 5.13 Å². The maximum absolute atomic E-state index is 6.04. The average Bonchev–Trinajstić information content (AvgIpc) is 3.19. The summed E-state index contributed by atoms with van der Waals surface area (Å²) in [6, 6.07) is 3.54. The van der Waals surface area contributed by atoms with Gasteiger partial charge in [0, 0.05) is 57.4 Å². The Hall–Kier alpha value is -2.13. The van der Waals surface area contributed by atoms with Crippen LogP contribution in [0.15, 0.2) is 23.3 Å². The minimum absolute atomic E-state index is 0.452. The molecule has 27 heavy (non-hydrogen) atoms. The second-order valence-electron chi connectivity index (χ2n) is 5.93. The number of aliphatic imine (C=N–C) groups is 1. The van der Waals surface area contributed by atoms with Crippen LogP contribution in [0, 0.1) is 0 Å². The number of hydrogen-bond donors (Lipinski definition) is 1. The number of guanidine groups is 1. The molecule has 10 heteroatoms. The van der Waals surface area contributed by atoms with Gasteiger partial charge >= 0.3 is 0 Å². The van der Waals surface area contributed by atoms with Crippen molar-refractivity contribution in [3.05, 3.63) is 29.2 Å². The maximum Gasteiger partial charge on any atom is 0.232 e. The smallest absolute Gasteiger partial charge is 0.232 e. The second-order valence-corrected chi connectivity index (χ2v) is 7.07. The molecule has 1 aliphatic rings. The monoisotopic (exact) mass is 409 g/mol. The van der Waals surface area contributed by atoms with Crippen LogP contribution in [-0.2, 0) is 6.42 Å². The van der Waals surface area contributed by atoms with Crippen molar-refractivity contribution < 1.29 is 4.74 Å². The van der Waals surface area contributed by atoms with Crippen molar-refractivity contribution >= 4 is 34.2 Å². The summed E-state index contributed by atoms with van der Waals surface area (Å²) in [7, 11) is 1.80. The Kier molecular flexibility index (Phi) is 7.05. The number of nitrogens with zero attached hydrogens (tertiary/aromatic N) is 6. The molecule has 1 saturated heterocycles. The average molecular weight is 410 g/mol. The molecule has 3 heterocycles. The fourth-order valence-corrected chi connectivity index (χ4v) is 3.72. The van der Waals surface area contributed by atoms with Gasteiger partial charge in [0.15, 0.2) is 5.96 Å². The first-order chi connectivity index (χ1) is 13.2. The zero-order valence-electron chi connectivity index (χ0n) is 15.6. The summed E-state index contributed by atoms with van der Waals surface area (Å²) < 4.78 is 9.98. The van der Waals surface area contributed by atoms with Crippen molar-refractivity contribution in [1.29, 1.82) is 0 Å². The molecule has 0 radical (unpaired) electrons. The zero-order valence-corrected chi connectivity index (χ0v) is 17.1. The first-order valence-electron chi connectivity index (χ1n) is 8.97. The number of halogens is 1. The topological polar surface area (TPSA) is 78.8 Å². The molecule has 0 aliphatic carbocycles. The molecule has 1 fully saturated rings. The maximum atomic E-state index is 6.04. The van der Waals surface area contributed by atoms with Gasteiger partial charge in [0.25, 0.3) is 0 Å². The van der Waals surface area contributed by atoms with Gasteiger partial charge in [-0.15, -0.1) is 0 Å². The van der Waals surface area contributed by atoms with Crippen LogP contribution in [0.2, 0.25) is 5.02 Å². The van der Waals surface area contributed by atoms with Gasteiger partial charge in [0.1, 0.15) is 17.5 Å². The Morgan fingerprint density at radius 1 is 1.37 bits per heavy atom. The van der Waals surface area contributed by atoms with Gasteiger partial charge in [0.2, 0.25) is 11.0 Å². The number of hydrogen-bond acceptors (Lipinski definition) is 7. The number of nitrogens with one attached hydrogen (secondary N) is 1. The van der Waals surface area contributed by atoms with Gasteiger partial charge in [-0.05, 0) is 12.1 Å². The first kappa shape index (κ1) is 19.6. The van der Waals surface area contributed by atoms with Crippen molar-refractivity contribution in [2.75, 3.05) is 51.3 Å². The van der Waals surface area contributed by atoms with Gasteiger partial charge < -0.3 is 19.9 Å². The van der Waals surface area contributed by atoms with Crippen molar-refractivity contribution in [1.82, 2.24) is 24.6 Å². The van der Waals surface area contributed by atoms with E-state index >= 15 is 0 Å². The van der Waals surface area contributed by atoms with E-state index in [0.717, 1.165) is 49.5 Å². The minimum atomic E-state index is 0.452. The summed E-state index contributed by atoms with van der Waals surface area (Å²) in [5, 5.41) is 4.86. The summed E-state index contributed by atoms with van der Waals surface area (Å²) in [6.45, 7) is 6.72. The van der Waals surface area contributed by atoms with E-state index in [4.69, 9.17) is 16.3 Å². The largest absolute Gasteiger partial charge is 0.475 e. The Morgan fingerprint density at radius 2 is 2.19 bits per heavy atom. The van der Waals surface area contributed by atoms with Crippen molar-refractivity contribution in [2.24, 2.45) is 4.99 Å². The Labute approximate surface area is 168 Å². The van der Waals surface area contributed by atoms with Gasteiger partial charge in [-0.3, -0.25) is 4.99 Å². The second kappa shape index (κ2) is 9.70. The predicted molar refractivity (Wildman–Crippen MR) is 109 cm³/mol. The molecule has 0 aromatic carbocycles. The SMILES string of the molecule is CCc1nsc(N2CCN(C(=NC)NCCOc3ncccc3Cl)CC2)n1. The van der Waals surface area contributed by atoms with E-state index in [-0.39, 0.29) is 0 Å². The number of aryl methyl sites for hydroxylation is 1. The molecule has 3 rings (SSSR count). The van der Waals surface area contributed by atoms with Crippen LogP contribution < -0.4 is 15.0 Å². The van der Waals surface area contributed by atoms with Gasteiger partial charge in [-0.1, -0.05) is 18.5 Å². The quantitative estimate of drug-likeness (QED) is 0.443. The number of piperazine rings is 1. The fraction of sp³-hybridized carbons (Fsp3) is 0.529. The lowest BCUT2D eigenvalue weighted by Gasteiger charge is -2.36. The van der Waals surface area contributed by atoms with Gasteiger partial charge in [0.05, 0.1) is 6.54 Å². The van der Waals surface area contributed by atoms with E-state index in [0.29, 0.717) is 24.1 Å². The minimum Gasteiger partial charge on any atom is -0.475 e. The van der Waals surface area contributed by atoms with Crippen molar-refractivity contribution in [3.63, 3.8) is 0 Å². The molecule has 146 valence electrons. The molecule has 0 bridgehead atoms. The highest BCUT2D eigenvalue weighted by molar-refractivity contribution is 7.09. The normalized spacial score (nSPS) is 15.1. The van der Waals surface area contributed by atoms with Crippen LogP contribution >= 0.6 is 23.1 Å².